The Morgan fingerprint density at radius 2 is 2.54 bits per heavy atom. The molecule has 0 amide bonds. The average molecular weight is 182 g/mol. The molecule has 72 valence electrons. The van der Waals surface area contributed by atoms with Gasteiger partial charge >= 0.3 is 0 Å². The van der Waals surface area contributed by atoms with Crippen LogP contribution in [0.25, 0.3) is 0 Å². The van der Waals surface area contributed by atoms with Crippen LogP contribution in [0.2, 0.25) is 0 Å². The summed E-state index contributed by atoms with van der Waals surface area (Å²) in [7, 11) is 0. The van der Waals surface area contributed by atoms with Crippen LogP contribution in [0, 0.1) is 0 Å². The fourth-order valence-electron chi connectivity index (χ4n) is 1.63. The van der Waals surface area contributed by atoms with Crippen molar-refractivity contribution < 1.29 is 4.74 Å². The lowest BCUT2D eigenvalue weighted by atomic mass is 10.2. The molecule has 0 aromatic carbocycles. The van der Waals surface area contributed by atoms with Gasteiger partial charge in [0.25, 0.3) is 0 Å². The number of hydrogen-bond donors (Lipinski definition) is 1. The molecule has 0 aliphatic carbocycles. The second-order valence-electron chi connectivity index (χ2n) is 3.47. The van der Waals surface area contributed by atoms with E-state index in [9.17, 15) is 0 Å². The van der Waals surface area contributed by atoms with E-state index in [2.05, 4.69) is 17.0 Å². The summed E-state index contributed by atoms with van der Waals surface area (Å²) in [5.41, 5.74) is 5.40. The first-order valence-electron chi connectivity index (χ1n) is 4.54. The van der Waals surface area contributed by atoms with Gasteiger partial charge in [0, 0.05) is 0 Å². The zero-order valence-corrected chi connectivity index (χ0v) is 7.68. The van der Waals surface area contributed by atoms with Gasteiger partial charge in [0.05, 0.1) is 18.8 Å². The van der Waals surface area contributed by atoms with Crippen molar-refractivity contribution in [3.8, 4) is 0 Å². The van der Waals surface area contributed by atoms with Gasteiger partial charge in [-0.05, 0) is 19.8 Å². The average Bonchev–Trinajstić information content (AvgIpc) is 2.62. The summed E-state index contributed by atoms with van der Waals surface area (Å²) in [5, 5.41) is 4.00. The Balaban J connectivity index is 1.91. The first kappa shape index (κ1) is 8.50. The largest absolute Gasteiger partial charge is 0.373 e. The van der Waals surface area contributed by atoms with E-state index in [1.807, 2.05) is 0 Å². The number of rotatable bonds is 2. The van der Waals surface area contributed by atoms with Crippen molar-refractivity contribution in [1.29, 1.82) is 0 Å². The number of nitrogens with two attached hydrogens (primary N) is 1. The van der Waals surface area contributed by atoms with E-state index in [-0.39, 0.29) is 6.10 Å². The SMILES string of the molecule is CC1CCC(Cn2cnc(N)n2)O1. The summed E-state index contributed by atoms with van der Waals surface area (Å²) < 4.78 is 7.38. The monoisotopic (exact) mass is 182 g/mol. The molecule has 1 aromatic rings. The van der Waals surface area contributed by atoms with Gasteiger partial charge in [0.1, 0.15) is 6.33 Å². The van der Waals surface area contributed by atoms with E-state index in [4.69, 9.17) is 10.5 Å². The zero-order chi connectivity index (χ0) is 9.26. The van der Waals surface area contributed by atoms with Crippen LogP contribution in [0.15, 0.2) is 6.33 Å². The number of anilines is 1. The van der Waals surface area contributed by atoms with E-state index < -0.39 is 0 Å². The van der Waals surface area contributed by atoms with Gasteiger partial charge in [-0.2, -0.15) is 0 Å². The van der Waals surface area contributed by atoms with Crippen molar-refractivity contribution in [3.05, 3.63) is 6.33 Å². The number of nitrogen functional groups attached to an aromatic ring is 1. The van der Waals surface area contributed by atoms with Gasteiger partial charge in [0.2, 0.25) is 5.95 Å². The Hall–Kier alpha value is -1.10. The highest BCUT2D eigenvalue weighted by Gasteiger charge is 2.22. The summed E-state index contributed by atoms with van der Waals surface area (Å²) in [6, 6.07) is 0. The second-order valence-corrected chi connectivity index (χ2v) is 3.47. The number of aromatic nitrogens is 3. The lowest BCUT2D eigenvalue weighted by molar-refractivity contribution is 0.0437. The minimum atomic E-state index is 0.274. The third-order valence-electron chi connectivity index (χ3n) is 2.26. The molecule has 5 heteroatoms. The standard InChI is InChI=1S/C8H14N4O/c1-6-2-3-7(13-6)4-12-5-10-8(9)11-12/h5-7H,2-4H2,1H3,(H2,9,11). The molecule has 0 saturated carbocycles. The highest BCUT2D eigenvalue weighted by molar-refractivity contribution is 5.09. The molecule has 1 aliphatic heterocycles. The molecule has 2 unspecified atom stereocenters. The molecular formula is C8H14N4O. The van der Waals surface area contributed by atoms with Crippen LogP contribution in [0.5, 0.6) is 0 Å². The zero-order valence-electron chi connectivity index (χ0n) is 7.68. The van der Waals surface area contributed by atoms with Crippen molar-refractivity contribution in [2.45, 2.75) is 38.5 Å². The molecule has 5 nitrogen and oxygen atoms in total. The molecular weight excluding hydrogens is 168 g/mol. The third kappa shape index (κ3) is 1.98. The van der Waals surface area contributed by atoms with Crippen molar-refractivity contribution in [2.24, 2.45) is 0 Å². The molecule has 0 radical (unpaired) electrons. The van der Waals surface area contributed by atoms with Crippen molar-refractivity contribution in [1.82, 2.24) is 14.8 Å². The molecule has 1 aromatic heterocycles. The molecule has 2 heterocycles. The summed E-state index contributed by atoms with van der Waals surface area (Å²) in [6.45, 7) is 2.85. The Labute approximate surface area is 76.9 Å². The van der Waals surface area contributed by atoms with Gasteiger partial charge in [-0.1, -0.05) is 0 Å². The molecule has 0 spiro atoms. The van der Waals surface area contributed by atoms with E-state index in [1.165, 1.54) is 0 Å². The first-order valence-corrected chi connectivity index (χ1v) is 4.54. The predicted molar refractivity (Wildman–Crippen MR) is 48.0 cm³/mol. The Morgan fingerprint density at radius 3 is 3.08 bits per heavy atom. The molecule has 2 N–H and O–H groups in total. The second kappa shape index (κ2) is 3.33. The van der Waals surface area contributed by atoms with E-state index in [1.54, 1.807) is 11.0 Å². The van der Waals surface area contributed by atoms with E-state index >= 15 is 0 Å². The molecule has 2 atom stereocenters. The van der Waals surface area contributed by atoms with Crippen LogP contribution in [0.1, 0.15) is 19.8 Å². The smallest absolute Gasteiger partial charge is 0.239 e. The minimum absolute atomic E-state index is 0.274. The lowest BCUT2D eigenvalue weighted by Crippen LogP contribution is -2.16. The summed E-state index contributed by atoms with van der Waals surface area (Å²) in [5.74, 6) is 0.325. The Morgan fingerprint density at radius 1 is 1.69 bits per heavy atom. The van der Waals surface area contributed by atoms with Crippen molar-refractivity contribution in [2.75, 3.05) is 5.73 Å². The van der Waals surface area contributed by atoms with E-state index in [0.717, 1.165) is 19.4 Å². The topological polar surface area (TPSA) is 66.0 Å². The highest BCUT2D eigenvalue weighted by Crippen LogP contribution is 2.19. The molecule has 13 heavy (non-hydrogen) atoms. The first-order chi connectivity index (χ1) is 6.24. The van der Waals surface area contributed by atoms with Gasteiger partial charge in [-0.3, -0.25) is 0 Å². The summed E-state index contributed by atoms with van der Waals surface area (Å²) in [6.07, 6.45) is 4.53. The maximum absolute atomic E-state index is 5.65. The van der Waals surface area contributed by atoms with Crippen molar-refractivity contribution in [3.63, 3.8) is 0 Å². The Bertz CT molecular complexity index is 285. The van der Waals surface area contributed by atoms with Crippen LogP contribution in [0.3, 0.4) is 0 Å². The quantitative estimate of drug-likeness (QED) is 0.720. The van der Waals surface area contributed by atoms with E-state index in [0.29, 0.717) is 12.1 Å². The molecule has 0 bridgehead atoms. The van der Waals surface area contributed by atoms with Crippen LogP contribution >= 0.6 is 0 Å². The molecule has 1 aliphatic rings. The number of ether oxygens (including phenoxy) is 1. The lowest BCUT2D eigenvalue weighted by Gasteiger charge is -2.09. The number of nitrogens with zero attached hydrogens (tertiary/aromatic N) is 3. The maximum Gasteiger partial charge on any atom is 0.239 e. The predicted octanol–water partition coefficient (Wildman–Crippen LogP) is 0.428. The van der Waals surface area contributed by atoms with Gasteiger partial charge in [-0.15, -0.1) is 5.10 Å². The molecule has 1 fully saturated rings. The minimum Gasteiger partial charge on any atom is -0.373 e. The third-order valence-corrected chi connectivity index (χ3v) is 2.26. The summed E-state index contributed by atoms with van der Waals surface area (Å²) >= 11 is 0. The molecule has 2 rings (SSSR count). The van der Waals surface area contributed by atoms with Crippen LogP contribution < -0.4 is 5.73 Å². The van der Waals surface area contributed by atoms with Crippen LogP contribution in [-0.4, -0.2) is 27.0 Å². The fraction of sp³-hybridized carbons (Fsp3) is 0.750. The van der Waals surface area contributed by atoms with Gasteiger partial charge < -0.3 is 10.5 Å². The van der Waals surface area contributed by atoms with Crippen LogP contribution in [0.4, 0.5) is 5.95 Å². The van der Waals surface area contributed by atoms with Gasteiger partial charge in [-0.25, -0.2) is 9.67 Å². The van der Waals surface area contributed by atoms with Crippen molar-refractivity contribution >= 4 is 5.95 Å². The molecule has 1 saturated heterocycles. The van der Waals surface area contributed by atoms with Crippen LogP contribution in [-0.2, 0) is 11.3 Å². The number of hydrogen-bond acceptors (Lipinski definition) is 4. The normalized spacial score (nSPS) is 28.1. The summed E-state index contributed by atoms with van der Waals surface area (Å²) in [4.78, 5) is 3.85. The fourth-order valence-corrected chi connectivity index (χ4v) is 1.63. The Kier molecular flexibility index (Phi) is 2.18. The maximum atomic E-state index is 5.65. The van der Waals surface area contributed by atoms with Gasteiger partial charge in [0.15, 0.2) is 0 Å². The highest BCUT2D eigenvalue weighted by atomic mass is 16.5.